The molecule has 20 heavy (non-hydrogen) atoms. The summed E-state index contributed by atoms with van der Waals surface area (Å²) in [5.74, 6) is -0.497. The summed E-state index contributed by atoms with van der Waals surface area (Å²) in [6, 6.07) is 2.04. The number of nitrogens with zero attached hydrogens (tertiary/aromatic N) is 1. The summed E-state index contributed by atoms with van der Waals surface area (Å²) < 4.78 is 0. The van der Waals surface area contributed by atoms with Gasteiger partial charge in [-0.05, 0) is 12.8 Å². The minimum Gasteiger partial charge on any atom is -0.392 e. The van der Waals surface area contributed by atoms with Crippen LogP contribution in [0, 0.1) is 23.2 Å². The second-order valence-electron chi connectivity index (χ2n) is 5.57. The van der Waals surface area contributed by atoms with Crippen LogP contribution in [-0.2, 0) is 4.79 Å². The van der Waals surface area contributed by atoms with E-state index in [4.69, 9.17) is 5.26 Å². The zero-order valence-corrected chi connectivity index (χ0v) is 12.2. The summed E-state index contributed by atoms with van der Waals surface area (Å²) in [7, 11) is 0. The number of aliphatic hydroxyl groups excluding tert-OH is 2. The van der Waals surface area contributed by atoms with Crippen molar-refractivity contribution in [3.05, 3.63) is 12.2 Å². The normalized spacial score (nSPS) is 27.9. The number of carbonyl (C=O) groups excluding carboxylic acids is 1. The van der Waals surface area contributed by atoms with Crippen LogP contribution >= 0.6 is 0 Å². The van der Waals surface area contributed by atoms with Crippen molar-refractivity contribution in [1.82, 2.24) is 0 Å². The van der Waals surface area contributed by atoms with E-state index in [2.05, 4.69) is 6.92 Å². The number of unbranched alkanes of at least 4 members (excludes halogenated alkanes) is 2. The SMILES string of the molecule is CCCCC[C@H](O)C=C[C@H]1[C@H](O)CC(=O)[C@@H]1CCC#N. The number of Topliss-reactive ketones (excluding diaryl/α,β-unsaturated/α-hetero) is 1. The van der Waals surface area contributed by atoms with Crippen LogP contribution < -0.4 is 0 Å². The van der Waals surface area contributed by atoms with Gasteiger partial charge in [0.15, 0.2) is 0 Å². The predicted molar refractivity (Wildman–Crippen MR) is 76.7 cm³/mol. The Balaban J connectivity index is 2.53. The third kappa shape index (κ3) is 5.07. The lowest BCUT2D eigenvalue weighted by Crippen LogP contribution is -2.19. The smallest absolute Gasteiger partial charge is 0.139 e. The van der Waals surface area contributed by atoms with E-state index in [-0.39, 0.29) is 24.0 Å². The molecule has 0 heterocycles. The van der Waals surface area contributed by atoms with Crippen LogP contribution in [0.3, 0.4) is 0 Å². The third-order valence-corrected chi connectivity index (χ3v) is 3.96. The van der Waals surface area contributed by atoms with Crippen LogP contribution in [0.2, 0.25) is 0 Å². The topological polar surface area (TPSA) is 81.3 Å². The maximum Gasteiger partial charge on any atom is 0.139 e. The van der Waals surface area contributed by atoms with Gasteiger partial charge >= 0.3 is 0 Å². The molecule has 2 N–H and O–H groups in total. The maximum absolute atomic E-state index is 11.8. The Kier molecular flexibility index (Phi) is 7.50. The summed E-state index contributed by atoms with van der Waals surface area (Å²) in [5, 5.41) is 28.4. The largest absolute Gasteiger partial charge is 0.392 e. The van der Waals surface area contributed by atoms with Crippen molar-refractivity contribution in [2.45, 2.75) is 64.1 Å². The van der Waals surface area contributed by atoms with Gasteiger partial charge in [-0.3, -0.25) is 4.79 Å². The van der Waals surface area contributed by atoms with Crippen molar-refractivity contribution in [3.63, 3.8) is 0 Å². The Labute approximate surface area is 121 Å². The molecule has 4 heteroatoms. The molecule has 0 saturated heterocycles. The van der Waals surface area contributed by atoms with Crippen LogP contribution in [0.4, 0.5) is 0 Å². The van der Waals surface area contributed by atoms with Gasteiger partial charge < -0.3 is 10.2 Å². The van der Waals surface area contributed by atoms with Gasteiger partial charge in [0.25, 0.3) is 0 Å². The van der Waals surface area contributed by atoms with E-state index in [0.29, 0.717) is 19.3 Å². The molecule has 112 valence electrons. The fourth-order valence-corrected chi connectivity index (χ4v) is 2.77. The zero-order valence-electron chi connectivity index (χ0n) is 12.2. The van der Waals surface area contributed by atoms with E-state index < -0.39 is 12.2 Å². The lowest BCUT2D eigenvalue weighted by molar-refractivity contribution is -0.121. The zero-order chi connectivity index (χ0) is 15.0. The molecule has 0 spiro atoms. The standard InChI is InChI=1S/C16H25NO3/c1-2-3-4-6-12(18)8-9-14-13(7-5-10-17)15(19)11-16(14)20/h8-9,12-14,16,18,20H,2-7,11H2,1H3/t12-,13+,14+,16+/m0/s1. The highest BCUT2D eigenvalue weighted by atomic mass is 16.3. The Morgan fingerprint density at radius 2 is 2.25 bits per heavy atom. The molecular formula is C16H25NO3. The monoisotopic (exact) mass is 279 g/mol. The lowest BCUT2D eigenvalue weighted by atomic mass is 9.89. The van der Waals surface area contributed by atoms with Gasteiger partial charge in [0.2, 0.25) is 0 Å². The molecule has 1 aliphatic carbocycles. The first kappa shape index (κ1) is 16.9. The van der Waals surface area contributed by atoms with Crippen molar-refractivity contribution in [2.24, 2.45) is 11.8 Å². The predicted octanol–water partition coefficient (Wildman–Crippen LogP) is 2.35. The molecule has 1 fully saturated rings. The maximum atomic E-state index is 11.8. The minimum absolute atomic E-state index is 0.0304. The molecule has 4 atom stereocenters. The molecule has 0 bridgehead atoms. The van der Waals surface area contributed by atoms with E-state index in [1.54, 1.807) is 12.2 Å². The first-order valence-corrected chi connectivity index (χ1v) is 7.54. The molecule has 0 unspecified atom stereocenters. The Morgan fingerprint density at radius 1 is 1.50 bits per heavy atom. The van der Waals surface area contributed by atoms with Crippen molar-refractivity contribution < 1.29 is 15.0 Å². The molecule has 0 aromatic heterocycles. The molecule has 1 aliphatic rings. The van der Waals surface area contributed by atoms with Gasteiger partial charge in [0, 0.05) is 24.7 Å². The fourth-order valence-electron chi connectivity index (χ4n) is 2.77. The first-order valence-electron chi connectivity index (χ1n) is 7.54. The van der Waals surface area contributed by atoms with E-state index in [1.165, 1.54) is 0 Å². The summed E-state index contributed by atoms with van der Waals surface area (Å²) in [5.41, 5.74) is 0. The van der Waals surface area contributed by atoms with Gasteiger partial charge in [0.1, 0.15) is 5.78 Å². The van der Waals surface area contributed by atoms with Gasteiger partial charge in [-0.25, -0.2) is 0 Å². The molecule has 4 nitrogen and oxygen atoms in total. The minimum atomic E-state index is -0.676. The first-order chi connectivity index (χ1) is 9.60. The molecule has 0 aliphatic heterocycles. The third-order valence-electron chi connectivity index (χ3n) is 3.96. The van der Waals surface area contributed by atoms with Crippen LogP contribution in [0.5, 0.6) is 0 Å². The summed E-state index contributed by atoms with van der Waals surface area (Å²) in [6.45, 7) is 2.11. The summed E-state index contributed by atoms with van der Waals surface area (Å²) in [6.07, 6.45) is 7.16. The van der Waals surface area contributed by atoms with Gasteiger partial charge in [0.05, 0.1) is 18.3 Å². The quantitative estimate of drug-likeness (QED) is 0.528. The van der Waals surface area contributed by atoms with E-state index in [0.717, 1.165) is 19.3 Å². The number of hydrogen-bond acceptors (Lipinski definition) is 4. The summed E-state index contributed by atoms with van der Waals surface area (Å²) >= 11 is 0. The molecule has 0 radical (unpaired) electrons. The number of ketones is 1. The van der Waals surface area contributed by atoms with E-state index in [1.807, 2.05) is 6.07 Å². The molecule has 1 rings (SSSR count). The van der Waals surface area contributed by atoms with E-state index >= 15 is 0 Å². The number of carbonyl (C=O) groups is 1. The Bertz CT molecular complexity index is 372. The van der Waals surface area contributed by atoms with Crippen LogP contribution in [-0.4, -0.2) is 28.2 Å². The van der Waals surface area contributed by atoms with Crippen molar-refractivity contribution in [3.8, 4) is 6.07 Å². The number of aliphatic hydroxyl groups is 2. The van der Waals surface area contributed by atoms with Crippen LogP contribution in [0.25, 0.3) is 0 Å². The van der Waals surface area contributed by atoms with Crippen molar-refractivity contribution in [1.29, 1.82) is 5.26 Å². The second-order valence-corrected chi connectivity index (χ2v) is 5.57. The number of rotatable bonds is 8. The van der Waals surface area contributed by atoms with Crippen LogP contribution in [0.1, 0.15) is 51.9 Å². The highest BCUT2D eigenvalue weighted by Gasteiger charge is 2.39. The van der Waals surface area contributed by atoms with Gasteiger partial charge in [-0.2, -0.15) is 5.26 Å². The average molecular weight is 279 g/mol. The Morgan fingerprint density at radius 3 is 2.90 bits per heavy atom. The molecule has 0 aromatic carbocycles. The number of nitriles is 1. The van der Waals surface area contributed by atoms with E-state index in [9.17, 15) is 15.0 Å². The lowest BCUT2D eigenvalue weighted by Gasteiger charge is -2.16. The average Bonchev–Trinajstić information content (AvgIpc) is 2.68. The number of hydrogen-bond donors (Lipinski definition) is 2. The van der Waals surface area contributed by atoms with Gasteiger partial charge in [-0.1, -0.05) is 38.3 Å². The highest BCUT2D eigenvalue weighted by molar-refractivity contribution is 5.84. The van der Waals surface area contributed by atoms with Crippen molar-refractivity contribution in [2.75, 3.05) is 0 Å². The molecule has 0 amide bonds. The summed E-state index contributed by atoms with van der Waals surface area (Å²) in [4.78, 5) is 11.8. The Hall–Kier alpha value is -1.18. The van der Waals surface area contributed by atoms with Crippen LogP contribution in [0.15, 0.2) is 12.2 Å². The highest BCUT2D eigenvalue weighted by Crippen LogP contribution is 2.33. The molecule has 1 saturated carbocycles. The molecule has 0 aromatic rings. The second kappa shape index (κ2) is 8.89. The fraction of sp³-hybridized carbons (Fsp3) is 0.750. The van der Waals surface area contributed by atoms with Crippen molar-refractivity contribution >= 4 is 5.78 Å². The van der Waals surface area contributed by atoms with Gasteiger partial charge in [-0.15, -0.1) is 0 Å². The molecular weight excluding hydrogens is 254 g/mol.